The highest BCUT2D eigenvalue weighted by Gasteiger charge is 2.45. The molecular weight excluding hydrogens is 232 g/mol. The van der Waals surface area contributed by atoms with E-state index in [1.54, 1.807) is 0 Å². The highest BCUT2D eigenvalue weighted by molar-refractivity contribution is 5.84. The fourth-order valence-corrected chi connectivity index (χ4v) is 2.74. The first-order valence-electron chi connectivity index (χ1n) is 6.82. The molecule has 5 heteroatoms. The van der Waals surface area contributed by atoms with Crippen LogP contribution < -0.4 is 5.32 Å². The van der Waals surface area contributed by atoms with E-state index in [1.165, 1.54) is 0 Å². The molecule has 18 heavy (non-hydrogen) atoms. The molecule has 1 atom stereocenters. The first-order chi connectivity index (χ1) is 8.59. The number of carbonyl (C=O) groups excluding carboxylic acids is 1. The van der Waals surface area contributed by atoms with Crippen LogP contribution >= 0.6 is 0 Å². The molecule has 1 aliphatic carbocycles. The van der Waals surface area contributed by atoms with Crippen LogP contribution in [0.15, 0.2) is 0 Å². The quantitative estimate of drug-likeness (QED) is 0.737. The molecule has 0 aromatic rings. The van der Waals surface area contributed by atoms with Crippen molar-refractivity contribution in [2.45, 2.75) is 45.1 Å². The summed E-state index contributed by atoms with van der Waals surface area (Å²) in [6.45, 7) is 4.03. The summed E-state index contributed by atoms with van der Waals surface area (Å²) in [7, 11) is 0. The van der Waals surface area contributed by atoms with Gasteiger partial charge in [0, 0.05) is 19.1 Å². The smallest absolute Gasteiger partial charge is 0.305 e. The second kappa shape index (κ2) is 5.26. The summed E-state index contributed by atoms with van der Waals surface area (Å²) in [6, 6.07) is 0.292. The SMILES string of the molecule is CCC1(C(=O)N(CCC(=O)O)C2CC2)CCNC1. The highest BCUT2D eigenvalue weighted by Crippen LogP contribution is 2.36. The van der Waals surface area contributed by atoms with Crippen molar-refractivity contribution in [2.24, 2.45) is 5.41 Å². The standard InChI is InChI=1S/C13H22N2O3/c1-2-13(6-7-14-9-13)12(18)15(10-3-4-10)8-5-11(16)17/h10,14H,2-9H2,1H3,(H,16,17). The van der Waals surface area contributed by atoms with Crippen molar-refractivity contribution in [1.82, 2.24) is 10.2 Å². The van der Waals surface area contributed by atoms with Gasteiger partial charge in [-0.25, -0.2) is 0 Å². The number of amides is 1. The van der Waals surface area contributed by atoms with Crippen LogP contribution in [0.25, 0.3) is 0 Å². The lowest BCUT2D eigenvalue weighted by molar-refractivity contribution is -0.143. The lowest BCUT2D eigenvalue weighted by Crippen LogP contribution is -2.46. The van der Waals surface area contributed by atoms with E-state index in [1.807, 2.05) is 11.8 Å². The fourth-order valence-electron chi connectivity index (χ4n) is 2.74. The molecule has 0 spiro atoms. The van der Waals surface area contributed by atoms with E-state index in [2.05, 4.69) is 5.32 Å². The van der Waals surface area contributed by atoms with Gasteiger partial charge in [0.25, 0.3) is 0 Å². The molecule has 2 N–H and O–H groups in total. The Kier molecular flexibility index (Phi) is 3.90. The number of aliphatic carboxylic acids is 1. The summed E-state index contributed by atoms with van der Waals surface area (Å²) in [5, 5.41) is 12.0. The largest absolute Gasteiger partial charge is 0.481 e. The van der Waals surface area contributed by atoms with Gasteiger partial charge in [0.05, 0.1) is 11.8 Å². The Labute approximate surface area is 108 Å². The van der Waals surface area contributed by atoms with E-state index < -0.39 is 5.97 Å². The summed E-state index contributed by atoms with van der Waals surface area (Å²) < 4.78 is 0. The molecule has 1 amide bonds. The van der Waals surface area contributed by atoms with Crippen molar-refractivity contribution in [2.75, 3.05) is 19.6 Å². The Bertz CT molecular complexity index is 333. The molecule has 2 rings (SSSR count). The molecule has 1 aliphatic heterocycles. The number of hydrogen-bond acceptors (Lipinski definition) is 3. The van der Waals surface area contributed by atoms with E-state index >= 15 is 0 Å². The number of nitrogens with one attached hydrogen (secondary N) is 1. The predicted molar refractivity (Wildman–Crippen MR) is 67.2 cm³/mol. The molecule has 0 bridgehead atoms. The molecule has 1 saturated heterocycles. The molecule has 5 nitrogen and oxygen atoms in total. The number of nitrogens with zero attached hydrogens (tertiary/aromatic N) is 1. The monoisotopic (exact) mass is 254 g/mol. The summed E-state index contributed by atoms with van der Waals surface area (Å²) in [5.74, 6) is -0.665. The Morgan fingerprint density at radius 1 is 1.44 bits per heavy atom. The third-order valence-corrected chi connectivity index (χ3v) is 4.19. The molecule has 0 radical (unpaired) electrons. The fraction of sp³-hybridized carbons (Fsp3) is 0.846. The van der Waals surface area contributed by atoms with Gasteiger partial charge in [-0.3, -0.25) is 9.59 Å². The summed E-state index contributed by atoms with van der Waals surface area (Å²) in [5.41, 5.74) is -0.291. The average molecular weight is 254 g/mol. The Morgan fingerprint density at radius 3 is 2.61 bits per heavy atom. The van der Waals surface area contributed by atoms with Crippen molar-refractivity contribution < 1.29 is 14.7 Å². The van der Waals surface area contributed by atoms with Crippen LogP contribution in [0.4, 0.5) is 0 Å². The van der Waals surface area contributed by atoms with E-state index in [0.29, 0.717) is 12.6 Å². The molecule has 1 unspecified atom stereocenters. The molecule has 0 aromatic carbocycles. The van der Waals surface area contributed by atoms with Crippen molar-refractivity contribution in [1.29, 1.82) is 0 Å². The molecule has 1 heterocycles. The van der Waals surface area contributed by atoms with Gasteiger partial charge in [-0.05, 0) is 32.2 Å². The minimum absolute atomic E-state index is 0.0511. The lowest BCUT2D eigenvalue weighted by Gasteiger charge is -2.33. The van der Waals surface area contributed by atoms with E-state index in [0.717, 1.165) is 38.8 Å². The maximum atomic E-state index is 12.7. The van der Waals surface area contributed by atoms with E-state index in [9.17, 15) is 9.59 Å². The maximum absolute atomic E-state index is 12.7. The maximum Gasteiger partial charge on any atom is 0.305 e. The van der Waals surface area contributed by atoms with E-state index in [-0.39, 0.29) is 17.7 Å². The normalized spacial score (nSPS) is 27.2. The Morgan fingerprint density at radius 2 is 2.17 bits per heavy atom. The van der Waals surface area contributed by atoms with Crippen LogP contribution in [-0.4, -0.2) is 47.6 Å². The zero-order valence-corrected chi connectivity index (χ0v) is 10.9. The Hall–Kier alpha value is -1.10. The van der Waals surface area contributed by atoms with Gasteiger partial charge in [-0.1, -0.05) is 6.92 Å². The van der Waals surface area contributed by atoms with Crippen LogP contribution in [0.2, 0.25) is 0 Å². The van der Waals surface area contributed by atoms with Crippen molar-refractivity contribution in [3.8, 4) is 0 Å². The van der Waals surface area contributed by atoms with Crippen molar-refractivity contribution >= 4 is 11.9 Å². The van der Waals surface area contributed by atoms with Crippen molar-refractivity contribution in [3.63, 3.8) is 0 Å². The molecule has 102 valence electrons. The van der Waals surface area contributed by atoms with Crippen molar-refractivity contribution in [3.05, 3.63) is 0 Å². The second-order valence-electron chi connectivity index (χ2n) is 5.43. The van der Waals surface area contributed by atoms with Gasteiger partial charge < -0.3 is 15.3 Å². The van der Waals surface area contributed by atoms with E-state index in [4.69, 9.17) is 5.11 Å². The van der Waals surface area contributed by atoms with Gasteiger partial charge in [-0.15, -0.1) is 0 Å². The number of carboxylic acid groups (broad SMARTS) is 1. The van der Waals surface area contributed by atoms with Gasteiger partial charge in [0.1, 0.15) is 0 Å². The number of rotatable bonds is 6. The summed E-state index contributed by atoms with van der Waals surface area (Å²) in [6.07, 6.45) is 3.81. The third kappa shape index (κ3) is 2.66. The topological polar surface area (TPSA) is 69.6 Å². The van der Waals surface area contributed by atoms with Gasteiger partial charge in [0.2, 0.25) is 5.91 Å². The van der Waals surface area contributed by atoms with Gasteiger partial charge >= 0.3 is 5.97 Å². The number of hydrogen-bond donors (Lipinski definition) is 2. The highest BCUT2D eigenvalue weighted by atomic mass is 16.4. The molecule has 0 aromatic heterocycles. The molecule has 2 fully saturated rings. The molecular formula is C13H22N2O3. The van der Waals surface area contributed by atoms with Crippen LogP contribution in [0, 0.1) is 5.41 Å². The summed E-state index contributed by atoms with van der Waals surface area (Å²) >= 11 is 0. The minimum atomic E-state index is -0.830. The van der Waals surface area contributed by atoms with Crippen LogP contribution in [0.5, 0.6) is 0 Å². The minimum Gasteiger partial charge on any atom is -0.481 e. The van der Waals surface area contributed by atoms with Gasteiger partial charge in [0.15, 0.2) is 0 Å². The number of carboxylic acids is 1. The van der Waals surface area contributed by atoms with Gasteiger partial charge in [-0.2, -0.15) is 0 Å². The lowest BCUT2D eigenvalue weighted by atomic mass is 9.82. The molecule has 1 saturated carbocycles. The van der Waals surface area contributed by atoms with Crippen LogP contribution in [0.1, 0.15) is 39.0 Å². The zero-order valence-electron chi connectivity index (χ0n) is 10.9. The average Bonchev–Trinajstić information content (AvgIpc) is 3.06. The second-order valence-corrected chi connectivity index (χ2v) is 5.43. The third-order valence-electron chi connectivity index (χ3n) is 4.19. The van der Waals surface area contributed by atoms with Crippen LogP contribution in [-0.2, 0) is 9.59 Å². The zero-order chi connectivity index (χ0) is 13.2. The van der Waals surface area contributed by atoms with Crippen LogP contribution in [0.3, 0.4) is 0 Å². The number of carbonyl (C=O) groups is 2. The summed E-state index contributed by atoms with van der Waals surface area (Å²) in [4.78, 5) is 25.2. The first kappa shape index (κ1) is 13.3. The predicted octanol–water partition coefficient (Wildman–Crippen LogP) is 0.842. The first-order valence-corrected chi connectivity index (χ1v) is 6.82. The Balaban J connectivity index is 2.04. The molecule has 2 aliphatic rings.